The summed E-state index contributed by atoms with van der Waals surface area (Å²) in [5.74, 6) is 1.74. The number of rotatable bonds is 2. The maximum Gasteiger partial charge on any atom is 0.303 e. The van der Waals surface area contributed by atoms with Crippen molar-refractivity contribution in [3.05, 3.63) is 0 Å². The molecule has 5 aliphatic carbocycles. The fraction of sp³-hybridized carbons (Fsp3) is 0.969. The molecule has 36 heavy (non-hydrogen) atoms. The minimum absolute atomic E-state index is 0.0248. The van der Waals surface area contributed by atoms with Crippen LogP contribution in [0.25, 0.3) is 0 Å². The van der Waals surface area contributed by atoms with Crippen LogP contribution in [-0.2, 0) is 9.53 Å². The summed E-state index contributed by atoms with van der Waals surface area (Å²) in [4.78, 5) is 12.4. The molecule has 0 aromatic heterocycles. The van der Waals surface area contributed by atoms with E-state index in [9.17, 15) is 15.0 Å². The molecular formula is C32H54O4. The van der Waals surface area contributed by atoms with Gasteiger partial charge in [-0.05, 0) is 111 Å². The lowest BCUT2D eigenvalue weighted by molar-refractivity contribution is -0.312. The summed E-state index contributed by atoms with van der Waals surface area (Å²) < 4.78 is 6.16. The first-order valence-electron chi connectivity index (χ1n) is 15.0. The Balaban J connectivity index is 1.62. The van der Waals surface area contributed by atoms with Crippen LogP contribution in [-0.4, -0.2) is 34.0 Å². The number of hydrogen-bond acceptors (Lipinski definition) is 4. The minimum Gasteiger partial charge on any atom is -0.459 e. The minimum atomic E-state index is -0.652. The average Bonchev–Trinajstić information content (AvgIpc) is 3.09. The molecule has 2 N–H and O–H groups in total. The molecule has 0 radical (unpaired) electrons. The van der Waals surface area contributed by atoms with Crippen LogP contribution in [0.2, 0.25) is 0 Å². The highest BCUT2D eigenvalue weighted by Gasteiger charge is 2.75. The maximum atomic E-state index is 12.5. The van der Waals surface area contributed by atoms with E-state index in [0.717, 1.165) is 38.5 Å². The van der Waals surface area contributed by atoms with Gasteiger partial charge >= 0.3 is 5.97 Å². The van der Waals surface area contributed by atoms with Gasteiger partial charge in [-0.25, -0.2) is 0 Å². The molecule has 0 spiro atoms. The first-order valence-corrected chi connectivity index (χ1v) is 15.0. The van der Waals surface area contributed by atoms with Crippen molar-refractivity contribution in [1.29, 1.82) is 0 Å². The van der Waals surface area contributed by atoms with E-state index in [2.05, 4.69) is 41.5 Å². The summed E-state index contributed by atoms with van der Waals surface area (Å²) in [6, 6.07) is 0. The van der Waals surface area contributed by atoms with E-state index >= 15 is 0 Å². The van der Waals surface area contributed by atoms with Gasteiger partial charge in [0.05, 0.1) is 11.7 Å². The van der Waals surface area contributed by atoms with Gasteiger partial charge in [-0.3, -0.25) is 4.79 Å². The van der Waals surface area contributed by atoms with Gasteiger partial charge in [0, 0.05) is 18.3 Å². The number of ether oxygens (including phenoxy) is 1. The quantitative estimate of drug-likeness (QED) is 0.409. The molecular weight excluding hydrogens is 448 g/mol. The molecule has 11 atom stereocenters. The van der Waals surface area contributed by atoms with Crippen LogP contribution in [0.15, 0.2) is 0 Å². The second-order valence-electron chi connectivity index (χ2n) is 16.2. The predicted molar refractivity (Wildman–Crippen MR) is 143 cm³/mol. The molecule has 0 aromatic carbocycles. The van der Waals surface area contributed by atoms with E-state index in [1.54, 1.807) is 0 Å². The standard InChI is InChI=1S/C32H54O4/c1-19(33)36-24-25-27(2,3)15-10-16-30(25,7)23-12-11-22-29(6)17-13-20(28(4,5)35)21(29)14-18-31(22,8)32(23,9)26(24)34/h20-26,34-35H,10-18H2,1-9H3/t20-,21-,22+,23+,24+,25+,26-,29-,30+,31+,32-/m0/s1. The van der Waals surface area contributed by atoms with Crippen molar-refractivity contribution in [2.75, 3.05) is 0 Å². The van der Waals surface area contributed by atoms with E-state index in [1.165, 1.54) is 26.2 Å². The molecule has 0 heterocycles. The molecule has 0 saturated heterocycles. The predicted octanol–water partition coefficient (Wildman–Crippen LogP) is 6.76. The Morgan fingerprint density at radius 1 is 0.861 bits per heavy atom. The van der Waals surface area contributed by atoms with Gasteiger partial charge in [0.2, 0.25) is 0 Å². The Hall–Kier alpha value is -0.610. The van der Waals surface area contributed by atoms with Crippen molar-refractivity contribution in [1.82, 2.24) is 0 Å². The summed E-state index contributed by atoms with van der Waals surface area (Å²) in [6.45, 7) is 20.1. The zero-order chi connectivity index (χ0) is 26.7. The molecule has 0 amide bonds. The third-order valence-corrected chi connectivity index (χ3v) is 13.9. The Morgan fingerprint density at radius 2 is 1.50 bits per heavy atom. The molecule has 0 aromatic rings. The van der Waals surface area contributed by atoms with Gasteiger partial charge < -0.3 is 14.9 Å². The molecule has 0 unspecified atom stereocenters. The number of aliphatic hydroxyl groups is 2. The summed E-state index contributed by atoms with van der Waals surface area (Å²) in [7, 11) is 0. The first kappa shape index (κ1) is 27.0. The number of carbonyl (C=O) groups excluding carboxylic acids is 1. The molecule has 5 fully saturated rings. The third kappa shape index (κ3) is 3.28. The normalized spacial score (nSPS) is 54.0. The highest BCUT2D eigenvalue weighted by molar-refractivity contribution is 5.66. The fourth-order valence-corrected chi connectivity index (χ4v) is 12.5. The van der Waals surface area contributed by atoms with Gasteiger partial charge in [0.1, 0.15) is 6.10 Å². The zero-order valence-corrected chi connectivity index (χ0v) is 24.6. The van der Waals surface area contributed by atoms with Crippen molar-refractivity contribution < 1.29 is 19.7 Å². The Bertz CT molecular complexity index is 904. The van der Waals surface area contributed by atoms with Crippen molar-refractivity contribution in [3.8, 4) is 0 Å². The summed E-state index contributed by atoms with van der Waals surface area (Å²) in [5, 5.41) is 23.5. The number of hydrogen-bond donors (Lipinski definition) is 2. The second-order valence-corrected chi connectivity index (χ2v) is 16.2. The number of esters is 1. The Kier molecular flexibility index (Phi) is 5.97. The summed E-state index contributed by atoms with van der Waals surface area (Å²) >= 11 is 0. The first-order chi connectivity index (χ1) is 16.4. The van der Waals surface area contributed by atoms with Crippen LogP contribution in [0.1, 0.15) is 120 Å². The molecule has 5 rings (SSSR count). The summed E-state index contributed by atoms with van der Waals surface area (Å²) in [6.07, 6.45) is 9.25. The van der Waals surface area contributed by atoms with Gasteiger partial charge in [-0.1, -0.05) is 48.0 Å². The van der Waals surface area contributed by atoms with Crippen LogP contribution >= 0.6 is 0 Å². The molecule has 5 saturated carbocycles. The lowest BCUT2D eigenvalue weighted by Crippen LogP contribution is -2.74. The van der Waals surface area contributed by atoms with Crippen molar-refractivity contribution in [2.45, 2.75) is 138 Å². The SMILES string of the molecule is CC(=O)O[C@@H]1[C@@H]2C(C)(C)CCC[C@]2(C)[C@H]2CC[C@@H]3[C@@]4(C)CC[C@H](C(C)(C)O)[C@@H]4CC[C@@]3(C)[C@]2(C)[C@H]1O. The lowest BCUT2D eigenvalue weighted by Gasteiger charge is -2.75. The van der Waals surface area contributed by atoms with Gasteiger partial charge in [-0.2, -0.15) is 0 Å². The van der Waals surface area contributed by atoms with E-state index in [0.29, 0.717) is 23.7 Å². The fourth-order valence-electron chi connectivity index (χ4n) is 12.5. The second kappa shape index (κ2) is 7.96. The van der Waals surface area contributed by atoms with Gasteiger partial charge in [0.25, 0.3) is 0 Å². The number of aliphatic hydroxyl groups excluding tert-OH is 1. The molecule has 4 heteroatoms. The van der Waals surface area contributed by atoms with Crippen molar-refractivity contribution in [3.63, 3.8) is 0 Å². The van der Waals surface area contributed by atoms with E-state index < -0.39 is 17.8 Å². The molecule has 0 bridgehead atoms. The molecule has 4 nitrogen and oxygen atoms in total. The largest absolute Gasteiger partial charge is 0.459 e. The monoisotopic (exact) mass is 502 g/mol. The van der Waals surface area contributed by atoms with Crippen LogP contribution in [0.5, 0.6) is 0 Å². The zero-order valence-electron chi connectivity index (χ0n) is 24.6. The topological polar surface area (TPSA) is 66.8 Å². The smallest absolute Gasteiger partial charge is 0.303 e. The third-order valence-electron chi connectivity index (χ3n) is 13.9. The Labute approximate surface area is 220 Å². The van der Waals surface area contributed by atoms with Crippen molar-refractivity contribution >= 4 is 5.97 Å². The lowest BCUT2D eigenvalue weighted by atomic mass is 9.31. The molecule has 206 valence electrons. The van der Waals surface area contributed by atoms with E-state index in [-0.39, 0.29) is 39.0 Å². The average molecular weight is 503 g/mol. The number of carbonyl (C=O) groups is 1. The van der Waals surface area contributed by atoms with Gasteiger partial charge in [-0.15, -0.1) is 0 Å². The van der Waals surface area contributed by atoms with Crippen LogP contribution in [0, 0.1) is 56.7 Å². The highest BCUT2D eigenvalue weighted by atomic mass is 16.6. The molecule has 0 aliphatic heterocycles. The Morgan fingerprint density at radius 3 is 2.11 bits per heavy atom. The molecule has 5 aliphatic rings. The number of fused-ring (bicyclic) bond motifs is 7. The summed E-state index contributed by atoms with van der Waals surface area (Å²) in [5.41, 5.74) is -0.712. The maximum absolute atomic E-state index is 12.5. The highest BCUT2D eigenvalue weighted by Crippen LogP contribution is 2.78. The van der Waals surface area contributed by atoms with E-state index in [4.69, 9.17) is 4.74 Å². The van der Waals surface area contributed by atoms with Gasteiger partial charge in [0.15, 0.2) is 0 Å². The van der Waals surface area contributed by atoms with E-state index in [1.807, 2.05) is 13.8 Å². The van der Waals surface area contributed by atoms with Crippen LogP contribution in [0.3, 0.4) is 0 Å². The van der Waals surface area contributed by atoms with Crippen LogP contribution in [0.4, 0.5) is 0 Å². The van der Waals surface area contributed by atoms with Crippen LogP contribution < -0.4 is 0 Å². The van der Waals surface area contributed by atoms with Crippen molar-refractivity contribution in [2.24, 2.45) is 56.7 Å².